The molecule has 0 N–H and O–H groups in total. The van der Waals surface area contributed by atoms with Crippen LogP contribution in [0.15, 0.2) is 109 Å². The third-order valence-corrected chi connectivity index (χ3v) is 12.8. The van der Waals surface area contributed by atoms with E-state index in [9.17, 15) is 14.4 Å². The van der Waals surface area contributed by atoms with Crippen LogP contribution in [0.2, 0.25) is 0 Å². The molecule has 0 aromatic carbocycles. The molecule has 6 nitrogen and oxygen atoms in total. The molecule has 0 rings (SSSR count). The minimum Gasteiger partial charge on any atom is -0.462 e. The Bertz CT molecular complexity index is 1490. The number of hydrogen-bond acceptors (Lipinski definition) is 6. The highest BCUT2D eigenvalue weighted by atomic mass is 16.6. The Morgan fingerprint density at radius 1 is 0.288 bits per heavy atom. The van der Waals surface area contributed by atoms with Gasteiger partial charge in [-0.2, -0.15) is 0 Å². The van der Waals surface area contributed by atoms with Crippen molar-refractivity contribution >= 4 is 17.9 Å². The highest BCUT2D eigenvalue weighted by Crippen LogP contribution is 2.16. The molecule has 0 saturated carbocycles. The second-order valence-corrected chi connectivity index (χ2v) is 19.9. The van der Waals surface area contributed by atoms with E-state index in [0.717, 1.165) is 116 Å². The Labute approximate surface area is 450 Å². The van der Waals surface area contributed by atoms with Crippen LogP contribution in [0.5, 0.6) is 0 Å². The van der Waals surface area contributed by atoms with Gasteiger partial charge in [-0.1, -0.05) is 278 Å². The summed E-state index contributed by atoms with van der Waals surface area (Å²) in [6.07, 6.45) is 82.5. The molecule has 1 atom stereocenters. The van der Waals surface area contributed by atoms with Gasteiger partial charge in [-0.15, -0.1) is 0 Å². The molecule has 0 aliphatic carbocycles. The molecule has 0 unspecified atom stereocenters. The minimum atomic E-state index is -0.817. The third-order valence-electron chi connectivity index (χ3n) is 12.8. The molecule has 0 aliphatic heterocycles. The molecule has 0 amide bonds. The Morgan fingerprint density at radius 2 is 0.562 bits per heavy atom. The highest BCUT2D eigenvalue weighted by Gasteiger charge is 2.19. The largest absolute Gasteiger partial charge is 0.462 e. The van der Waals surface area contributed by atoms with E-state index in [1.54, 1.807) is 0 Å². The van der Waals surface area contributed by atoms with Gasteiger partial charge >= 0.3 is 17.9 Å². The number of carbonyl (C=O) groups excluding carboxylic acids is 3. The van der Waals surface area contributed by atoms with Crippen LogP contribution in [0.4, 0.5) is 0 Å². The first kappa shape index (κ1) is 69.1. The van der Waals surface area contributed by atoms with Crippen molar-refractivity contribution in [3.63, 3.8) is 0 Å². The van der Waals surface area contributed by atoms with E-state index in [0.29, 0.717) is 19.3 Å². The molecule has 73 heavy (non-hydrogen) atoms. The Kier molecular flexibility index (Phi) is 57.4. The van der Waals surface area contributed by atoms with E-state index >= 15 is 0 Å². The predicted octanol–water partition coefficient (Wildman–Crippen LogP) is 20.7. The average Bonchev–Trinajstić information content (AvgIpc) is 3.39. The van der Waals surface area contributed by atoms with Crippen LogP contribution in [0.1, 0.15) is 278 Å². The van der Waals surface area contributed by atoms with Crippen molar-refractivity contribution in [2.75, 3.05) is 13.2 Å². The standard InChI is InChI=1S/C67H112O6/c1-4-7-10-13-16-19-22-25-28-30-32-33-35-37-40-43-46-49-52-55-58-61-67(70)73-64(62-71-65(68)59-56-53-50-47-44-41-38-27-24-21-18-15-12-9-6-3)63-72-66(69)60-57-54-51-48-45-42-39-36-34-31-29-26-23-20-17-14-11-8-5-2/h8-9,11-12,17-18,20-21,26-27,29,34,36,38,42,45,51,54,64H,4-7,10,13-16,19,22-25,28,30-33,35,37,39-41,43-44,46-50,52-53,55-63H2,1-3H3/b11-8-,12-9-,20-17-,21-18-,29-26-,36-34-,38-27-,45-42-,54-51-/t64-/m0/s1. The van der Waals surface area contributed by atoms with Crippen LogP contribution >= 0.6 is 0 Å². The maximum atomic E-state index is 12.9. The zero-order chi connectivity index (χ0) is 52.9. The monoisotopic (exact) mass is 1010 g/mol. The molecular formula is C67H112O6. The molecule has 0 aliphatic rings. The van der Waals surface area contributed by atoms with Crippen molar-refractivity contribution in [1.82, 2.24) is 0 Å². The first-order valence-corrected chi connectivity index (χ1v) is 30.4. The molecule has 0 heterocycles. The van der Waals surface area contributed by atoms with Crippen molar-refractivity contribution in [3.8, 4) is 0 Å². The first-order valence-electron chi connectivity index (χ1n) is 30.4. The minimum absolute atomic E-state index is 0.110. The van der Waals surface area contributed by atoms with Crippen molar-refractivity contribution in [3.05, 3.63) is 109 Å². The van der Waals surface area contributed by atoms with Crippen LogP contribution in [0.3, 0.4) is 0 Å². The lowest BCUT2D eigenvalue weighted by atomic mass is 10.0. The van der Waals surface area contributed by atoms with Crippen LogP contribution in [-0.2, 0) is 28.6 Å². The van der Waals surface area contributed by atoms with Gasteiger partial charge in [0.2, 0.25) is 0 Å². The molecule has 416 valence electrons. The van der Waals surface area contributed by atoms with Gasteiger partial charge in [0.05, 0.1) is 0 Å². The van der Waals surface area contributed by atoms with E-state index in [-0.39, 0.29) is 37.5 Å². The molecule has 0 aromatic heterocycles. The summed E-state index contributed by atoms with van der Waals surface area (Å²) >= 11 is 0. The Hall–Kier alpha value is -3.93. The molecule has 6 heteroatoms. The molecule has 0 aromatic rings. The summed E-state index contributed by atoms with van der Waals surface area (Å²) in [5.74, 6) is -1.01. The van der Waals surface area contributed by atoms with Gasteiger partial charge in [0, 0.05) is 19.3 Å². The van der Waals surface area contributed by atoms with Gasteiger partial charge in [-0.05, 0) is 89.9 Å². The average molecular weight is 1010 g/mol. The molecule has 0 spiro atoms. The van der Waals surface area contributed by atoms with Crippen LogP contribution in [0, 0.1) is 0 Å². The van der Waals surface area contributed by atoms with Crippen LogP contribution < -0.4 is 0 Å². The highest BCUT2D eigenvalue weighted by molar-refractivity contribution is 5.71. The quantitative estimate of drug-likeness (QED) is 0.0261. The lowest BCUT2D eigenvalue weighted by Gasteiger charge is -2.18. The number of carbonyl (C=O) groups is 3. The fourth-order valence-corrected chi connectivity index (χ4v) is 8.31. The summed E-state index contributed by atoms with van der Waals surface area (Å²) in [5, 5.41) is 0. The number of hydrogen-bond donors (Lipinski definition) is 0. The van der Waals surface area contributed by atoms with Gasteiger partial charge in [-0.3, -0.25) is 14.4 Å². The van der Waals surface area contributed by atoms with E-state index in [2.05, 4.69) is 124 Å². The molecule has 0 fully saturated rings. The van der Waals surface area contributed by atoms with E-state index in [1.807, 2.05) is 6.08 Å². The predicted molar refractivity (Wildman–Crippen MR) is 316 cm³/mol. The zero-order valence-corrected chi connectivity index (χ0v) is 47.6. The van der Waals surface area contributed by atoms with Crippen LogP contribution in [0.25, 0.3) is 0 Å². The van der Waals surface area contributed by atoms with E-state index in [4.69, 9.17) is 14.2 Å². The first-order chi connectivity index (χ1) is 36.0. The number of unbranched alkanes of at least 4 members (excludes halogenated alkanes) is 25. The Morgan fingerprint density at radius 3 is 0.918 bits per heavy atom. The van der Waals surface area contributed by atoms with Crippen molar-refractivity contribution < 1.29 is 28.6 Å². The van der Waals surface area contributed by atoms with E-state index in [1.165, 1.54) is 116 Å². The van der Waals surface area contributed by atoms with Gasteiger partial charge in [0.1, 0.15) is 13.2 Å². The smallest absolute Gasteiger partial charge is 0.306 e. The summed E-state index contributed by atoms with van der Waals surface area (Å²) in [6.45, 7) is 6.36. The van der Waals surface area contributed by atoms with Crippen molar-refractivity contribution in [1.29, 1.82) is 0 Å². The second kappa shape index (κ2) is 60.6. The topological polar surface area (TPSA) is 78.9 Å². The number of esters is 3. The Balaban J connectivity index is 4.47. The molecule has 0 saturated heterocycles. The second-order valence-electron chi connectivity index (χ2n) is 19.9. The fourth-order valence-electron chi connectivity index (χ4n) is 8.31. The van der Waals surface area contributed by atoms with E-state index < -0.39 is 6.10 Å². The van der Waals surface area contributed by atoms with Crippen molar-refractivity contribution in [2.24, 2.45) is 0 Å². The van der Waals surface area contributed by atoms with Gasteiger partial charge in [-0.25, -0.2) is 0 Å². The SMILES string of the molecule is CC/C=C\C/C=C\C/C=C\C/C=C\C/C=C\C/C=C\CCC(=O)OC[C@H](COC(=O)CCCCCCC/C=C\C/C=C\C/C=C\CC)OC(=O)CCCCCCCCCCCCCCCCCCCCCCC. The van der Waals surface area contributed by atoms with Gasteiger partial charge in [0.25, 0.3) is 0 Å². The summed E-state index contributed by atoms with van der Waals surface area (Å²) in [6, 6.07) is 0. The molecule has 0 bridgehead atoms. The van der Waals surface area contributed by atoms with Gasteiger partial charge < -0.3 is 14.2 Å². The number of allylic oxidation sites excluding steroid dienone is 18. The number of rotatable bonds is 54. The lowest BCUT2D eigenvalue weighted by Crippen LogP contribution is -2.30. The summed E-state index contributed by atoms with van der Waals surface area (Å²) in [7, 11) is 0. The summed E-state index contributed by atoms with van der Waals surface area (Å²) in [5.41, 5.74) is 0. The maximum Gasteiger partial charge on any atom is 0.306 e. The lowest BCUT2D eigenvalue weighted by molar-refractivity contribution is -0.166. The molecular weight excluding hydrogens is 901 g/mol. The number of ether oxygens (including phenoxy) is 3. The maximum absolute atomic E-state index is 12.9. The summed E-state index contributed by atoms with van der Waals surface area (Å²) < 4.78 is 16.8. The third kappa shape index (κ3) is 58.8. The van der Waals surface area contributed by atoms with Crippen LogP contribution in [-0.4, -0.2) is 37.2 Å². The summed E-state index contributed by atoms with van der Waals surface area (Å²) in [4.78, 5) is 38.2. The zero-order valence-electron chi connectivity index (χ0n) is 47.6. The van der Waals surface area contributed by atoms with Gasteiger partial charge in [0.15, 0.2) is 6.10 Å². The van der Waals surface area contributed by atoms with Crippen molar-refractivity contribution in [2.45, 2.75) is 284 Å². The normalized spacial score (nSPS) is 12.9. The molecule has 0 radical (unpaired) electrons. The fraction of sp³-hybridized carbons (Fsp3) is 0.687.